The maximum absolute atomic E-state index is 11.4. The molecule has 3 heteroatoms. The Balaban J connectivity index is 1.88. The molecule has 2 fully saturated rings. The fourth-order valence-electron chi connectivity index (χ4n) is 3.64. The lowest BCUT2D eigenvalue weighted by molar-refractivity contribution is -0.152. The Hall–Kier alpha value is -0.570. The number of carbonyl (C=O) groups is 1. The van der Waals surface area contributed by atoms with Crippen molar-refractivity contribution in [1.29, 1.82) is 0 Å². The van der Waals surface area contributed by atoms with E-state index in [1.54, 1.807) is 0 Å². The molecule has 1 saturated carbocycles. The average molecular weight is 253 g/mol. The van der Waals surface area contributed by atoms with Crippen LogP contribution in [0.4, 0.5) is 0 Å². The van der Waals surface area contributed by atoms with Gasteiger partial charge in [0.25, 0.3) is 0 Å². The molecule has 0 spiro atoms. The van der Waals surface area contributed by atoms with Crippen LogP contribution in [0.1, 0.15) is 58.8 Å². The summed E-state index contributed by atoms with van der Waals surface area (Å²) in [5, 5.41) is 9.40. The Morgan fingerprint density at radius 3 is 2.22 bits per heavy atom. The van der Waals surface area contributed by atoms with E-state index in [9.17, 15) is 9.90 Å². The molecule has 3 nitrogen and oxygen atoms in total. The minimum Gasteiger partial charge on any atom is -0.481 e. The molecule has 0 radical (unpaired) electrons. The average Bonchev–Trinajstić information content (AvgIpc) is 2.39. The van der Waals surface area contributed by atoms with Gasteiger partial charge in [0.15, 0.2) is 0 Å². The monoisotopic (exact) mass is 253 g/mol. The van der Waals surface area contributed by atoms with Crippen molar-refractivity contribution in [3.63, 3.8) is 0 Å². The molecule has 0 amide bonds. The summed E-state index contributed by atoms with van der Waals surface area (Å²) in [6.07, 6.45) is 7.77. The van der Waals surface area contributed by atoms with Crippen molar-refractivity contribution >= 4 is 5.97 Å². The quantitative estimate of drug-likeness (QED) is 0.840. The maximum atomic E-state index is 11.4. The molecule has 0 unspecified atom stereocenters. The highest BCUT2D eigenvalue weighted by atomic mass is 16.4. The van der Waals surface area contributed by atoms with Gasteiger partial charge in [-0.3, -0.25) is 4.79 Å². The van der Waals surface area contributed by atoms with E-state index in [1.165, 1.54) is 25.7 Å². The molecule has 104 valence electrons. The lowest BCUT2D eigenvalue weighted by atomic mass is 9.75. The van der Waals surface area contributed by atoms with Gasteiger partial charge in [0, 0.05) is 6.04 Å². The summed E-state index contributed by atoms with van der Waals surface area (Å²) < 4.78 is 0. The van der Waals surface area contributed by atoms with Gasteiger partial charge in [-0.1, -0.05) is 13.8 Å². The van der Waals surface area contributed by atoms with E-state index in [1.807, 2.05) is 6.92 Å². The van der Waals surface area contributed by atoms with Crippen LogP contribution in [0.25, 0.3) is 0 Å². The molecular weight excluding hydrogens is 226 g/mol. The van der Waals surface area contributed by atoms with E-state index in [0.717, 1.165) is 44.3 Å². The lowest BCUT2D eigenvalue weighted by Crippen LogP contribution is -2.48. The number of piperidine rings is 1. The van der Waals surface area contributed by atoms with E-state index in [-0.39, 0.29) is 0 Å². The zero-order chi connectivity index (χ0) is 13.2. The van der Waals surface area contributed by atoms with Crippen LogP contribution >= 0.6 is 0 Å². The maximum Gasteiger partial charge on any atom is 0.309 e. The minimum absolute atomic E-state index is 0.432. The second kappa shape index (κ2) is 5.60. The summed E-state index contributed by atoms with van der Waals surface area (Å²) >= 11 is 0. The summed E-state index contributed by atoms with van der Waals surface area (Å²) in [4.78, 5) is 14.0. The van der Waals surface area contributed by atoms with E-state index < -0.39 is 11.4 Å². The van der Waals surface area contributed by atoms with E-state index in [4.69, 9.17) is 0 Å². The first-order valence-corrected chi connectivity index (χ1v) is 7.55. The first kappa shape index (κ1) is 13.9. The molecule has 18 heavy (non-hydrogen) atoms. The molecule has 0 aromatic rings. The van der Waals surface area contributed by atoms with Crippen LogP contribution in [-0.2, 0) is 4.79 Å². The number of hydrogen-bond acceptors (Lipinski definition) is 2. The van der Waals surface area contributed by atoms with Gasteiger partial charge in [-0.25, -0.2) is 0 Å². The number of likely N-dealkylation sites (tertiary alicyclic amines) is 1. The van der Waals surface area contributed by atoms with Crippen molar-refractivity contribution in [2.45, 2.75) is 64.8 Å². The zero-order valence-corrected chi connectivity index (χ0v) is 11.8. The first-order valence-electron chi connectivity index (χ1n) is 7.55. The van der Waals surface area contributed by atoms with E-state index in [0.29, 0.717) is 0 Å². The smallest absolute Gasteiger partial charge is 0.309 e. The largest absolute Gasteiger partial charge is 0.481 e. The van der Waals surface area contributed by atoms with E-state index >= 15 is 0 Å². The predicted octanol–water partition coefficient (Wildman–Crippen LogP) is 3.14. The molecule has 1 aliphatic heterocycles. The standard InChI is InChI=1S/C15H27NO2/c1-3-15(14(17)18)8-10-16(11-9-15)13-6-4-12(2)5-7-13/h12-13H,3-11H2,1-2H3,(H,17,18). The molecule has 0 aromatic heterocycles. The van der Waals surface area contributed by atoms with Gasteiger partial charge in [-0.2, -0.15) is 0 Å². The Morgan fingerprint density at radius 1 is 1.22 bits per heavy atom. The third kappa shape index (κ3) is 2.71. The molecule has 1 saturated heterocycles. The Kier molecular flexibility index (Phi) is 4.31. The summed E-state index contributed by atoms with van der Waals surface area (Å²) in [6, 6.07) is 0.727. The molecule has 0 aromatic carbocycles. The number of hydrogen-bond donors (Lipinski definition) is 1. The topological polar surface area (TPSA) is 40.5 Å². The number of rotatable bonds is 3. The summed E-state index contributed by atoms with van der Waals surface area (Å²) in [5.74, 6) is 0.307. The summed E-state index contributed by atoms with van der Waals surface area (Å²) in [7, 11) is 0. The number of nitrogens with zero attached hydrogens (tertiary/aromatic N) is 1. The van der Waals surface area contributed by atoms with Gasteiger partial charge in [-0.15, -0.1) is 0 Å². The molecule has 1 aliphatic carbocycles. The molecule has 0 bridgehead atoms. The van der Waals surface area contributed by atoms with Crippen LogP contribution in [0, 0.1) is 11.3 Å². The van der Waals surface area contributed by atoms with Crippen molar-refractivity contribution in [2.75, 3.05) is 13.1 Å². The molecule has 0 atom stereocenters. The number of aliphatic carboxylic acids is 1. The highest BCUT2D eigenvalue weighted by Crippen LogP contribution is 2.37. The van der Waals surface area contributed by atoms with Crippen LogP contribution in [0.15, 0.2) is 0 Å². The summed E-state index contributed by atoms with van der Waals surface area (Å²) in [6.45, 7) is 6.34. The van der Waals surface area contributed by atoms with Crippen molar-refractivity contribution in [2.24, 2.45) is 11.3 Å². The van der Waals surface area contributed by atoms with Crippen LogP contribution in [-0.4, -0.2) is 35.1 Å². The number of carboxylic acid groups (broad SMARTS) is 1. The van der Waals surface area contributed by atoms with Gasteiger partial charge in [0.1, 0.15) is 0 Å². The van der Waals surface area contributed by atoms with Gasteiger partial charge in [0.2, 0.25) is 0 Å². The molecule has 1 N–H and O–H groups in total. The van der Waals surface area contributed by atoms with Crippen LogP contribution in [0.2, 0.25) is 0 Å². The van der Waals surface area contributed by atoms with Crippen molar-refractivity contribution in [3.05, 3.63) is 0 Å². The SMILES string of the molecule is CCC1(C(=O)O)CCN(C2CCC(C)CC2)CC1. The van der Waals surface area contributed by atoms with Crippen LogP contribution in [0.5, 0.6) is 0 Å². The van der Waals surface area contributed by atoms with Crippen molar-refractivity contribution in [3.8, 4) is 0 Å². The summed E-state index contributed by atoms with van der Waals surface area (Å²) in [5.41, 5.74) is -0.432. The fraction of sp³-hybridized carbons (Fsp3) is 0.933. The van der Waals surface area contributed by atoms with Crippen molar-refractivity contribution < 1.29 is 9.90 Å². The highest BCUT2D eigenvalue weighted by Gasteiger charge is 2.41. The van der Waals surface area contributed by atoms with Gasteiger partial charge < -0.3 is 10.0 Å². The highest BCUT2D eigenvalue weighted by molar-refractivity contribution is 5.74. The lowest BCUT2D eigenvalue weighted by Gasteiger charge is -2.43. The van der Waals surface area contributed by atoms with Gasteiger partial charge in [-0.05, 0) is 64.0 Å². The Bertz CT molecular complexity index is 287. The van der Waals surface area contributed by atoms with Gasteiger partial charge in [0.05, 0.1) is 5.41 Å². The van der Waals surface area contributed by atoms with Crippen molar-refractivity contribution in [1.82, 2.24) is 4.90 Å². The molecule has 2 rings (SSSR count). The van der Waals surface area contributed by atoms with Crippen LogP contribution in [0.3, 0.4) is 0 Å². The molecule has 1 heterocycles. The third-order valence-electron chi connectivity index (χ3n) is 5.39. The fourth-order valence-corrected chi connectivity index (χ4v) is 3.64. The minimum atomic E-state index is -0.582. The Labute approximate surface area is 111 Å². The van der Waals surface area contributed by atoms with Gasteiger partial charge >= 0.3 is 5.97 Å². The molecular formula is C15H27NO2. The molecule has 2 aliphatic rings. The Morgan fingerprint density at radius 2 is 1.78 bits per heavy atom. The van der Waals surface area contributed by atoms with E-state index in [2.05, 4.69) is 11.8 Å². The predicted molar refractivity (Wildman–Crippen MR) is 72.6 cm³/mol. The second-order valence-electron chi connectivity index (χ2n) is 6.39. The second-order valence-corrected chi connectivity index (χ2v) is 6.39. The normalized spacial score (nSPS) is 33.2. The zero-order valence-electron chi connectivity index (χ0n) is 11.8. The van der Waals surface area contributed by atoms with Crippen LogP contribution < -0.4 is 0 Å². The number of carboxylic acids is 1. The first-order chi connectivity index (χ1) is 8.57. The third-order valence-corrected chi connectivity index (χ3v) is 5.39.